The maximum absolute atomic E-state index is 11.8. The molecule has 0 amide bonds. The number of guanidine groups is 1. The predicted octanol–water partition coefficient (Wildman–Crippen LogP) is 3.39. The number of methoxy groups -OCH3 is 1. The Morgan fingerprint density at radius 2 is 1.87 bits per heavy atom. The molecular formula is C23H33IN4O2. The van der Waals surface area contributed by atoms with Crippen molar-refractivity contribution in [2.75, 3.05) is 27.3 Å². The third kappa shape index (κ3) is 6.84. The summed E-state index contributed by atoms with van der Waals surface area (Å²) < 4.78 is 6.98. The summed E-state index contributed by atoms with van der Waals surface area (Å²) in [7, 11) is 3.57. The summed E-state index contributed by atoms with van der Waals surface area (Å²) in [6, 6.07) is 13.5. The van der Waals surface area contributed by atoms with Crippen molar-refractivity contribution in [2.24, 2.45) is 10.4 Å². The molecule has 0 atom stereocenters. The summed E-state index contributed by atoms with van der Waals surface area (Å²) in [5.41, 5.74) is 2.65. The van der Waals surface area contributed by atoms with Crippen LogP contribution in [0.15, 0.2) is 58.4 Å². The van der Waals surface area contributed by atoms with Gasteiger partial charge in [-0.3, -0.25) is 9.79 Å². The van der Waals surface area contributed by atoms with Crippen LogP contribution in [0.4, 0.5) is 0 Å². The third-order valence-electron chi connectivity index (χ3n) is 5.84. The predicted molar refractivity (Wildman–Crippen MR) is 133 cm³/mol. The molecule has 1 fully saturated rings. The number of aliphatic imine (C=N–C) groups is 1. The first kappa shape index (κ1) is 24.4. The van der Waals surface area contributed by atoms with Gasteiger partial charge in [-0.2, -0.15) is 0 Å². The minimum absolute atomic E-state index is 0. The molecule has 3 rings (SSSR count). The molecule has 2 aromatic rings. The Balaban J connectivity index is 0.00000320. The molecule has 1 saturated carbocycles. The topological polar surface area (TPSA) is 67.7 Å². The van der Waals surface area contributed by atoms with Crippen LogP contribution < -0.4 is 16.2 Å². The molecule has 1 aliphatic carbocycles. The van der Waals surface area contributed by atoms with Crippen LogP contribution in [0.2, 0.25) is 0 Å². The number of ether oxygens (including phenoxy) is 1. The van der Waals surface area contributed by atoms with Crippen LogP contribution in [-0.2, 0) is 17.8 Å². The van der Waals surface area contributed by atoms with E-state index in [9.17, 15) is 4.79 Å². The van der Waals surface area contributed by atoms with Gasteiger partial charge in [0.2, 0.25) is 0 Å². The van der Waals surface area contributed by atoms with Gasteiger partial charge in [-0.15, -0.1) is 24.0 Å². The van der Waals surface area contributed by atoms with Gasteiger partial charge in [0.15, 0.2) is 5.96 Å². The zero-order valence-electron chi connectivity index (χ0n) is 17.9. The van der Waals surface area contributed by atoms with Crippen LogP contribution in [-0.4, -0.2) is 37.8 Å². The molecule has 1 aromatic heterocycles. The Morgan fingerprint density at radius 3 is 2.47 bits per heavy atom. The Bertz CT molecular complexity index is 860. The van der Waals surface area contributed by atoms with E-state index in [2.05, 4.69) is 39.9 Å². The average molecular weight is 524 g/mol. The second-order valence-electron chi connectivity index (χ2n) is 7.86. The van der Waals surface area contributed by atoms with Gasteiger partial charge in [0.05, 0.1) is 6.54 Å². The van der Waals surface area contributed by atoms with Crippen LogP contribution in [0, 0.1) is 5.41 Å². The largest absolute Gasteiger partial charge is 0.385 e. The number of benzene rings is 1. The van der Waals surface area contributed by atoms with Gasteiger partial charge in [0, 0.05) is 46.1 Å². The summed E-state index contributed by atoms with van der Waals surface area (Å²) in [6.07, 6.45) is 6.73. The Labute approximate surface area is 196 Å². The SMILES string of the molecule is CN=C(NCc1ccc(Cn2ccccc2=O)cc1)NCC1(CCOC)CCC1.I. The monoisotopic (exact) mass is 524 g/mol. The smallest absolute Gasteiger partial charge is 0.250 e. The molecule has 164 valence electrons. The van der Waals surface area contributed by atoms with Crippen molar-refractivity contribution in [2.45, 2.75) is 38.8 Å². The lowest BCUT2D eigenvalue weighted by Gasteiger charge is -2.42. The zero-order chi connectivity index (χ0) is 20.5. The first-order chi connectivity index (χ1) is 14.1. The van der Waals surface area contributed by atoms with Crippen molar-refractivity contribution in [1.29, 1.82) is 0 Å². The van der Waals surface area contributed by atoms with E-state index < -0.39 is 0 Å². The molecule has 1 aromatic carbocycles. The van der Waals surface area contributed by atoms with Gasteiger partial charge >= 0.3 is 0 Å². The standard InChI is InChI=1S/C23H32N4O2.HI/c1-24-22(26-18-23(11-5-12-23)13-15-29-2)25-16-19-7-9-20(10-8-19)17-27-14-4-3-6-21(27)28;/h3-4,6-10,14H,5,11-13,15-18H2,1-2H3,(H2,24,25,26);1H. The van der Waals surface area contributed by atoms with Crippen LogP contribution in [0.25, 0.3) is 0 Å². The molecule has 0 bridgehead atoms. The third-order valence-corrected chi connectivity index (χ3v) is 5.84. The molecular weight excluding hydrogens is 491 g/mol. The van der Waals surface area contributed by atoms with Gasteiger partial charge in [-0.1, -0.05) is 36.8 Å². The van der Waals surface area contributed by atoms with Crippen molar-refractivity contribution in [1.82, 2.24) is 15.2 Å². The van der Waals surface area contributed by atoms with Crippen molar-refractivity contribution in [3.63, 3.8) is 0 Å². The number of nitrogens with one attached hydrogen (secondary N) is 2. The Kier molecular flexibility index (Phi) is 9.84. The molecule has 1 aliphatic rings. The van der Waals surface area contributed by atoms with E-state index in [-0.39, 0.29) is 29.5 Å². The maximum Gasteiger partial charge on any atom is 0.250 e. The second-order valence-corrected chi connectivity index (χ2v) is 7.86. The van der Waals surface area contributed by atoms with Crippen LogP contribution in [0.1, 0.15) is 36.8 Å². The molecule has 7 heteroatoms. The number of hydrogen-bond donors (Lipinski definition) is 2. The summed E-state index contributed by atoms with van der Waals surface area (Å²) in [6.45, 7) is 3.03. The molecule has 30 heavy (non-hydrogen) atoms. The van der Waals surface area contributed by atoms with E-state index in [1.807, 2.05) is 12.3 Å². The molecule has 6 nitrogen and oxygen atoms in total. The van der Waals surface area contributed by atoms with E-state index >= 15 is 0 Å². The number of aromatic nitrogens is 1. The zero-order valence-corrected chi connectivity index (χ0v) is 20.2. The fraction of sp³-hybridized carbons (Fsp3) is 0.478. The fourth-order valence-corrected chi connectivity index (χ4v) is 3.74. The van der Waals surface area contributed by atoms with Crippen molar-refractivity contribution in [3.8, 4) is 0 Å². The van der Waals surface area contributed by atoms with Gasteiger partial charge in [-0.25, -0.2) is 0 Å². The molecule has 2 N–H and O–H groups in total. The highest BCUT2D eigenvalue weighted by atomic mass is 127. The molecule has 0 unspecified atom stereocenters. The summed E-state index contributed by atoms with van der Waals surface area (Å²) in [5, 5.41) is 6.88. The van der Waals surface area contributed by atoms with Gasteiger partial charge in [0.25, 0.3) is 5.56 Å². The first-order valence-electron chi connectivity index (χ1n) is 10.3. The molecule has 1 heterocycles. The van der Waals surface area contributed by atoms with E-state index in [1.54, 1.807) is 30.9 Å². The molecule has 0 radical (unpaired) electrons. The highest BCUT2D eigenvalue weighted by Crippen LogP contribution is 2.43. The van der Waals surface area contributed by atoms with E-state index in [0.717, 1.165) is 31.1 Å². The second kappa shape index (κ2) is 12.1. The number of pyridine rings is 1. The van der Waals surface area contributed by atoms with E-state index in [4.69, 9.17) is 4.74 Å². The Hall–Kier alpha value is -1.87. The fourth-order valence-electron chi connectivity index (χ4n) is 3.74. The number of nitrogens with zero attached hydrogens (tertiary/aromatic N) is 2. The van der Waals surface area contributed by atoms with E-state index in [0.29, 0.717) is 18.5 Å². The quantitative estimate of drug-likeness (QED) is 0.300. The lowest BCUT2D eigenvalue weighted by Crippen LogP contribution is -2.46. The summed E-state index contributed by atoms with van der Waals surface area (Å²) >= 11 is 0. The molecule has 0 spiro atoms. The number of rotatable bonds is 9. The van der Waals surface area contributed by atoms with Crippen LogP contribution in [0.3, 0.4) is 0 Å². The van der Waals surface area contributed by atoms with E-state index in [1.165, 1.54) is 24.8 Å². The Morgan fingerprint density at radius 1 is 1.13 bits per heavy atom. The highest BCUT2D eigenvalue weighted by Gasteiger charge is 2.36. The summed E-state index contributed by atoms with van der Waals surface area (Å²) in [4.78, 5) is 16.2. The number of hydrogen-bond acceptors (Lipinski definition) is 3. The van der Waals surface area contributed by atoms with Crippen LogP contribution in [0.5, 0.6) is 0 Å². The first-order valence-corrected chi connectivity index (χ1v) is 10.3. The lowest BCUT2D eigenvalue weighted by atomic mass is 9.67. The minimum atomic E-state index is 0. The lowest BCUT2D eigenvalue weighted by molar-refractivity contribution is 0.0732. The summed E-state index contributed by atoms with van der Waals surface area (Å²) in [5.74, 6) is 0.827. The van der Waals surface area contributed by atoms with Gasteiger partial charge < -0.3 is 19.9 Å². The average Bonchev–Trinajstić information content (AvgIpc) is 2.72. The van der Waals surface area contributed by atoms with Crippen molar-refractivity contribution >= 4 is 29.9 Å². The number of halogens is 1. The normalized spacial score (nSPS) is 15.1. The van der Waals surface area contributed by atoms with Gasteiger partial charge in [0.1, 0.15) is 0 Å². The van der Waals surface area contributed by atoms with Crippen molar-refractivity contribution in [3.05, 3.63) is 70.1 Å². The van der Waals surface area contributed by atoms with Gasteiger partial charge in [-0.05, 0) is 41.9 Å². The van der Waals surface area contributed by atoms with Crippen molar-refractivity contribution < 1.29 is 4.74 Å². The van der Waals surface area contributed by atoms with Crippen LogP contribution >= 0.6 is 24.0 Å². The highest BCUT2D eigenvalue weighted by molar-refractivity contribution is 14.0. The molecule has 0 saturated heterocycles. The maximum atomic E-state index is 11.8. The molecule has 0 aliphatic heterocycles. The minimum Gasteiger partial charge on any atom is -0.385 e.